The fraction of sp³-hybridized carbons (Fsp3) is 0.769. The van der Waals surface area contributed by atoms with Crippen LogP contribution in [0.5, 0.6) is 0 Å². The lowest BCUT2D eigenvalue weighted by Crippen LogP contribution is -2.42. The van der Waals surface area contributed by atoms with Crippen LogP contribution in [0, 0.1) is 0 Å². The summed E-state index contributed by atoms with van der Waals surface area (Å²) in [5.74, 6) is 0.610. The molecule has 2 aliphatic heterocycles. The molecular weight excluding hydrogens is 248 g/mol. The van der Waals surface area contributed by atoms with Crippen molar-refractivity contribution in [1.82, 2.24) is 10.3 Å². The Morgan fingerprint density at radius 3 is 2.94 bits per heavy atom. The van der Waals surface area contributed by atoms with Gasteiger partial charge in [0.1, 0.15) is 0 Å². The lowest BCUT2D eigenvalue weighted by molar-refractivity contribution is 0.0768. The minimum atomic E-state index is 0.437. The summed E-state index contributed by atoms with van der Waals surface area (Å²) < 4.78 is 10.9. The maximum absolute atomic E-state index is 5.48. The Morgan fingerprint density at radius 1 is 1.28 bits per heavy atom. The Morgan fingerprint density at radius 2 is 2.17 bits per heavy atom. The molecule has 0 saturated carbocycles. The molecule has 1 N–H and O–H groups in total. The van der Waals surface area contributed by atoms with Crippen molar-refractivity contribution in [2.24, 2.45) is 0 Å². The van der Waals surface area contributed by atoms with E-state index in [1.165, 1.54) is 10.7 Å². The van der Waals surface area contributed by atoms with Gasteiger partial charge in [-0.15, -0.1) is 11.3 Å². The highest BCUT2D eigenvalue weighted by Crippen LogP contribution is 2.28. The van der Waals surface area contributed by atoms with E-state index in [0.29, 0.717) is 12.0 Å². The van der Waals surface area contributed by atoms with Crippen LogP contribution in [0.2, 0.25) is 0 Å². The quantitative estimate of drug-likeness (QED) is 0.903. The lowest BCUT2D eigenvalue weighted by atomic mass is 9.97. The molecule has 3 heterocycles. The highest BCUT2D eigenvalue weighted by Gasteiger charge is 2.20. The van der Waals surface area contributed by atoms with Gasteiger partial charge in [0.25, 0.3) is 0 Å². The molecule has 1 aromatic rings. The predicted octanol–water partition coefficient (Wildman–Crippen LogP) is 1.57. The fourth-order valence-corrected chi connectivity index (χ4v) is 3.52. The highest BCUT2D eigenvalue weighted by molar-refractivity contribution is 7.09. The van der Waals surface area contributed by atoms with Crippen LogP contribution in [0.25, 0.3) is 0 Å². The number of hydrogen-bond acceptors (Lipinski definition) is 5. The van der Waals surface area contributed by atoms with Crippen LogP contribution in [0.1, 0.15) is 29.5 Å². The van der Waals surface area contributed by atoms with Gasteiger partial charge in [0.05, 0.1) is 23.9 Å². The van der Waals surface area contributed by atoms with E-state index in [9.17, 15) is 0 Å². The van der Waals surface area contributed by atoms with Crippen molar-refractivity contribution in [2.45, 2.75) is 31.2 Å². The summed E-state index contributed by atoms with van der Waals surface area (Å²) in [4.78, 5) is 4.80. The Kier molecular flexibility index (Phi) is 4.25. The number of thiazole rings is 1. The molecule has 0 radical (unpaired) electrons. The molecule has 0 spiro atoms. The topological polar surface area (TPSA) is 43.4 Å². The molecule has 2 saturated heterocycles. The molecule has 0 aromatic carbocycles. The van der Waals surface area contributed by atoms with E-state index >= 15 is 0 Å². The maximum atomic E-state index is 5.48. The summed E-state index contributed by atoms with van der Waals surface area (Å²) >= 11 is 1.79. The van der Waals surface area contributed by atoms with Gasteiger partial charge in [-0.25, -0.2) is 4.98 Å². The van der Waals surface area contributed by atoms with Crippen molar-refractivity contribution < 1.29 is 9.47 Å². The smallest absolute Gasteiger partial charge is 0.0944 e. The Labute approximate surface area is 112 Å². The van der Waals surface area contributed by atoms with Gasteiger partial charge >= 0.3 is 0 Å². The van der Waals surface area contributed by atoms with E-state index in [1.54, 1.807) is 11.3 Å². The minimum absolute atomic E-state index is 0.437. The van der Waals surface area contributed by atoms with E-state index in [1.807, 2.05) is 0 Å². The molecule has 3 rings (SSSR count). The first-order valence-corrected chi connectivity index (χ1v) is 7.63. The third-order valence-electron chi connectivity index (χ3n) is 3.63. The third-order valence-corrected chi connectivity index (χ3v) is 4.52. The van der Waals surface area contributed by atoms with E-state index in [2.05, 4.69) is 10.7 Å². The molecule has 5 heteroatoms. The SMILES string of the molecule is c1sc(CC2COCCN2)nc1C1CCOCC1. The number of nitrogens with zero attached hydrogens (tertiary/aromatic N) is 1. The Bertz CT molecular complexity index is 371. The molecule has 1 atom stereocenters. The van der Waals surface area contributed by atoms with Crippen LogP contribution in [0.15, 0.2) is 5.38 Å². The molecule has 0 amide bonds. The molecule has 0 aliphatic carbocycles. The second-order valence-corrected chi connectivity index (χ2v) is 5.93. The van der Waals surface area contributed by atoms with Crippen molar-refractivity contribution in [1.29, 1.82) is 0 Å². The first-order chi connectivity index (χ1) is 8.92. The molecule has 2 fully saturated rings. The van der Waals surface area contributed by atoms with Crippen molar-refractivity contribution in [3.63, 3.8) is 0 Å². The first-order valence-electron chi connectivity index (χ1n) is 6.75. The van der Waals surface area contributed by atoms with Gasteiger partial charge in [-0.2, -0.15) is 0 Å². The molecule has 1 aromatic heterocycles. The van der Waals surface area contributed by atoms with Crippen molar-refractivity contribution in [2.75, 3.05) is 33.0 Å². The number of aromatic nitrogens is 1. The molecule has 1 unspecified atom stereocenters. The third kappa shape index (κ3) is 3.09. The van der Waals surface area contributed by atoms with Gasteiger partial charge < -0.3 is 14.8 Å². The maximum Gasteiger partial charge on any atom is 0.0944 e. The van der Waals surface area contributed by atoms with E-state index in [0.717, 1.165) is 52.2 Å². The molecule has 2 aliphatic rings. The predicted molar refractivity (Wildman–Crippen MR) is 71.2 cm³/mol. The zero-order chi connectivity index (χ0) is 12.2. The molecule has 100 valence electrons. The van der Waals surface area contributed by atoms with Crippen LogP contribution in [0.3, 0.4) is 0 Å². The van der Waals surface area contributed by atoms with E-state index < -0.39 is 0 Å². The molecule has 18 heavy (non-hydrogen) atoms. The standard InChI is InChI=1S/C13H20N2O2S/c1-4-16-5-2-10(1)12-9-18-13(15-12)7-11-8-17-6-3-14-11/h9-11,14H,1-8H2. The van der Waals surface area contributed by atoms with Crippen LogP contribution >= 0.6 is 11.3 Å². The van der Waals surface area contributed by atoms with Crippen molar-refractivity contribution in [3.05, 3.63) is 16.1 Å². The number of morpholine rings is 1. The second kappa shape index (κ2) is 6.10. The molecular formula is C13H20N2O2S. The summed E-state index contributed by atoms with van der Waals surface area (Å²) in [7, 11) is 0. The van der Waals surface area contributed by atoms with Gasteiger partial charge in [-0.1, -0.05) is 0 Å². The molecule has 4 nitrogen and oxygen atoms in total. The van der Waals surface area contributed by atoms with Gasteiger partial charge in [0.15, 0.2) is 0 Å². The van der Waals surface area contributed by atoms with Gasteiger partial charge in [0, 0.05) is 43.5 Å². The number of hydrogen-bond donors (Lipinski definition) is 1. The van der Waals surface area contributed by atoms with Gasteiger partial charge in [0.2, 0.25) is 0 Å². The van der Waals surface area contributed by atoms with Gasteiger partial charge in [-0.05, 0) is 12.8 Å². The summed E-state index contributed by atoms with van der Waals surface area (Å²) in [6, 6.07) is 0.437. The van der Waals surface area contributed by atoms with E-state index in [-0.39, 0.29) is 0 Å². The highest BCUT2D eigenvalue weighted by atomic mass is 32.1. The van der Waals surface area contributed by atoms with Crippen molar-refractivity contribution >= 4 is 11.3 Å². The van der Waals surface area contributed by atoms with Crippen LogP contribution in [-0.4, -0.2) is 44.0 Å². The number of ether oxygens (including phenoxy) is 2. The normalized spacial score (nSPS) is 26.3. The fourth-order valence-electron chi connectivity index (χ4n) is 2.56. The number of nitrogens with one attached hydrogen (secondary N) is 1. The second-order valence-electron chi connectivity index (χ2n) is 4.98. The number of rotatable bonds is 3. The first kappa shape index (κ1) is 12.5. The monoisotopic (exact) mass is 268 g/mol. The summed E-state index contributed by atoms with van der Waals surface area (Å²) in [6.07, 6.45) is 3.23. The molecule has 0 bridgehead atoms. The van der Waals surface area contributed by atoms with Gasteiger partial charge in [-0.3, -0.25) is 0 Å². The summed E-state index contributed by atoms with van der Waals surface area (Å²) in [5, 5.41) is 6.94. The van der Waals surface area contributed by atoms with Crippen molar-refractivity contribution in [3.8, 4) is 0 Å². The zero-order valence-electron chi connectivity index (χ0n) is 10.6. The van der Waals surface area contributed by atoms with E-state index in [4.69, 9.17) is 14.5 Å². The van der Waals surface area contributed by atoms with Crippen LogP contribution < -0.4 is 5.32 Å². The largest absolute Gasteiger partial charge is 0.381 e. The Balaban J connectivity index is 1.58. The zero-order valence-corrected chi connectivity index (χ0v) is 11.4. The Hall–Kier alpha value is -0.490. The average molecular weight is 268 g/mol. The average Bonchev–Trinajstić information content (AvgIpc) is 2.89. The van der Waals surface area contributed by atoms with Crippen LogP contribution in [-0.2, 0) is 15.9 Å². The summed E-state index contributed by atoms with van der Waals surface area (Å²) in [5.41, 5.74) is 1.27. The summed E-state index contributed by atoms with van der Waals surface area (Å²) in [6.45, 7) is 4.38. The van der Waals surface area contributed by atoms with Crippen LogP contribution in [0.4, 0.5) is 0 Å². The lowest BCUT2D eigenvalue weighted by Gasteiger charge is -2.23. The minimum Gasteiger partial charge on any atom is -0.381 e.